The highest BCUT2D eigenvalue weighted by Crippen LogP contribution is 2.70. The molecular formula is C46H74O19. The van der Waals surface area contributed by atoms with Crippen molar-refractivity contribution < 1.29 is 94.1 Å². The molecular weight excluding hydrogens is 856 g/mol. The van der Waals surface area contributed by atoms with Crippen molar-refractivity contribution in [2.24, 2.45) is 40.4 Å². The molecule has 19 heteroatoms. The average molecular weight is 931 g/mol. The Kier molecular flexibility index (Phi) is 14.8. The molecule has 372 valence electrons. The monoisotopic (exact) mass is 930 g/mol. The lowest BCUT2D eigenvalue weighted by Crippen LogP contribution is -2.64. The Morgan fingerprint density at radius 2 is 1.42 bits per heavy atom. The van der Waals surface area contributed by atoms with Crippen LogP contribution in [-0.4, -0.2) is 199 Å². The molecule has 0 radical (unpaired) electrons. The fourth-order valence-corrected chi connectivity index (χ4v) is 13.7. The molecule has 0 aromatic rings. The summed E-state index contributed by atoms with van der Waals surface area (Å²) in [5.41, 5.74) is 1.23. The SMILES string of the molecule is C=C(CC[C@@]1(OC)O[C@H]2C[C@H]3[C@@H]4CC=C5C[C@@H](O[C@@H]6O[C@H](CO)[C@@H](O[C@@H]7O[C@@H](C)[C@H](O)[C@@H](O)[C@H]7O)[C@H](O)[C@H]6O)C[C@@H](O)[C@]5(C)[C@H]4CC[C@]3(C)[C@H]2[C@@H]1C)CO[C@@H]1O[C@H](CO)[C@@H](O)[C@H](O)[C@H]1O. The molecule has 0 aromatic heterocycles. The van der Waals surface area contributed by atoms with Crippen LogP contribution in [-0.2, 0) is 37.9 Å². The molecule has 0 unspecified atom stereocenters. The second-order valence-corrected chi connectivity index (χ2v) is 20.9. The summed E-state index contributed by atoms with van der Waals surface area (Å²) in [4.78, 5) is 0. The Morgan fingerprint density at radius 1 is 0.769 bits per heavy atom. The van der Waals surface area contributed by atoms with Gasteiger partial charge in [0.2, 0.25) is 0 Å². The summed E-state index contributed by atoms with van der Waals surface area (Å²) in [5, 5.41) is 116. The molecule has 4 heterocycles. The van der Waals surface area contributed by atoms with E-state index in [0.29, 0.717) is 36.7 Å². The molecule has 7 fully saturated rings. The summed E-state index contributed by atoms with van der Waals surface area (Å²) in [6.07, 6.45) is -14.9. The Bertz CT molecular complexity index is 1700. The van der Waals surface area contributed by atoms with Crippen molar-refractivity contribution >= 4 is 0 Å². The average Bonchev–Trinajstić information content (AvgIpc) is 3.75. The van der Waals surface area contributed by atoms with Crippen LogP contribution in [0, 0.1) is 40.4 Å². The number of fused-ring (bicyclic) bond motifs is 7. The van der Waals surface area contributed by atoms with Crippen LogP contribution in [0.25, 0.3) is 0 Å². The molecule has 4 saturated heterocycles. The molecule has 11 N–H and O–H groups in total. The maximum atomic E-state index is 12.1. The molecule has 26 atom stereocenters. The van der Waals surface area contributed by atoms with E-state index in [-0.39, 0.29) is 42.3 Å². The summed E-state index contributed by atoms with van der Waals surface area (Å²) in [6.45, 7) is 11.3. The number of allylic oxidation sites excluding steroid dienone is 1. The highest BCUT2D eigenvalue weighted by Gasteiger charge is 2.69. The number of aliphatic hydroxyl groups is 11. The quantitative estimate of drug-likeness (QED) is 0.0959. The molecule has 8 aliphatic rings. The van der Waals surface area contributed by atoms with Crippen LogP contribution in [0.4, 0.5) is 0 Å². The number of hydrogen-bond donors (Lipinski definition) is 11. The molecule has 0 amide bonds. The fourth-order valence-electron chi connectivity index (χ4n) is 13.7. The van der Waals surface area contributed by atoms with Gasteiger partial charge in [-0.1, -0.05) is 44.6 Å². The van der Waals surface area contributed by atoms with E-state index < -0.39 is 129 Å². The van der Waals surface area contributed by atoms with Crippen molar-refractivity contribution in [1.29, 1.82) is 0 Å². The van der Waals surface area contributed by atoms with Gasteiger partial charge in [0, 0.05) is 31.3 Å². The highest BCUT2D eigenvalue weighted by atomic mass is 16.7. The third-order valence-electron chi connectivity index (χ3n) is 17.6. The van der Waals surface area contributed by atoms with Gasteiger partial charge in [0.15, 0.2) is 24.7 Å². The van der Waals surface area contributed by atoms with Crippen molar-refractivity contribution in [2.75, 3.05) is 26.9 Å². The topological polar surface area (TPSA) is 296 Å². The maximum absolute atomic E-state index is 12.1. The van der Waals surface area contributed by atoms with Crippen LogP contribution >= 0.6 is 0 Å². The molecule has 8 rings (SSSR count). The van der Waals surface area contributed by atoms with Crippen LogP contribution in [0.2, 0.25) is 0 Å². The van der Waals surface area contributed by atoms with Crippen molar-refractivity contribution in [2.45, 2.75) is 195 Å². The van der Waals surface area contributed by atoms with Gasteiger partial charge >= 0.3 is 0 Å². The van der Waals surface area contributed by atoms with Gasteiger partial charge in [-0.15, -0.1) is 0 Å². The third-order valence-corrected chi connectivity index (χ3v) is 17.6. The van der Waals surface area contributed by atoms with E-state index in [1.165, 1.54) is 6.92 Å². The first-order valence-electron chi connectivity index (χ1n) is 23.6. The standard InChI is InChI=1S/C46H74O19/c1-19(18-59-41-37(55)35(53)33(51)28(16-47)62-41)9-12-46(58-6)20(2)31-27(65-46)15-26-24-8-7-22-13-23(14-30(49)45(22,5)25(24)10-11-44(26,31)4)61-43-39(57)36(54)40(29(17-48)63-43)64-42-38(56)34(52)32(50)21(3)60-42/h7,20-21,23-43,47-57H,1,8-18H2,2-6H3/t20-,21-,23+,24+,25-,26-,27-,28+,29+,30+,31-,32-,33+,34+,35-,36+,37+,38+,39+,40+,41+,42-,43+,44-,45-,46+/m0/s1. The van der Waals surface area contributed by atoms with Gasteiger partial charge in [-0.05, 0) is 74.5 Å². The lowest BCUT2D eigenvalue weighted by molar-refractivity contribution is -0.361. The van der Waals surface area contributed by atoms with Gasteiger partial charge in [-0.2, -0.15) is 0 Å². The molecule has 0 bridgehead atoms. The van der Waals surface area contributed by atoms with Gasteiger partial charge in [0.25, 0.3) is 0 Å². The molecule has 65 heavy (non-hydrogen) atoms. The predicted molar refractivity (Wildman–Crippen MR) is 224 cm³/mol. The molecule has 0 aromatic carbocycles. The van der Waals surface area contributed by atoms with Gasteiger partial charge in [0.05, 0.1) is 44.2 Å². The van der Waals surface area contributed by atoms with E-state index in [9.17, 15) is 56.2 Å². The van der Waals surface area contributed by atoms with Crippen molar-refractivity contribution in [1.82, 2.24) is 0 Å². The molecule has 19 nitrogen and oxygen atoms in total. The van der Waals surface area contributed by atoms with Gasteiger partial charge in [0.1, 0.15) is 67.1 Å². The van der Waals surface area contributed by atoms with E-state index in [4.69, 9.17) is 37.9 Å². The zero-order chi connectivity index (χ0) is 47.1. The number of hydrogen-bond acceptors (Lipinski definition) is 19. The molecule has 4 aliphatic carbocycles. The second kappa shape index (κ2) is 19.1. The smallest absolute Gasteiger partial charge is 0.187 e. The first-order chi connectivity index (χ1) is 30.7. The zero-order valence-electron chi connectivity index (χ0n) is 38.0. The van der Waals surface area contributed by atoms with E-state index in [1.807, 2.05) is 0 Å². The summed E-state index contributed by atoms with van der Waals surface area (Å²) in [5.74, 6) is 0.287. The van der Waals surface area contributed by atoms with Gasteiger partial charge < -0.3 is 94.1 Å². The normalized spacial score (nSPS) is 54.3. The Morgan fingerprint density at radius 3 is 2.11 bits per heavy atom. The molecule has 4 aliphatic heterocycles. The Hall–Kier alpha value is -1.28. The summed E-state index contributed by atoms with van der Waals surface area (Å²) in [6, 6.07) is 0. The number of ether oxygens (including phenoxy) is 8. The largest absolute Gasteiger partial charge is 0.394 e. The molecule has 0 spiro atoms. The van der Waals surface area contributed by atoms with Crippen molar-refractivity contribution in [3.63, 3.8) is 0 Å². The minimum absolute atomic E-state index is 0.0160. The fraction of sp³-hybridized carbons (Fsp3) is 0.913. The second-order valence-electron chi connectivity index (χ2n) is 20.9. The Labute approximate surface area is 379 Å². The van der Waals surface area contributed by atoms with E-state index >= 15 is 0 Å². The van der Waals surface area contributed by atoms with Gasteiger partial charge in [-0.25, -0.2) is 0 Å². The van der Waals surface area contributed by atoms with E-state index in [0.717, 1.165) is 31.3 Å². The van der Waals surface area contributed by atoms with Crippen LogP contribution < -0.4 is 0 Å². The zero-order valence-corrected chi connectivity index (χ0v) is 38.0. The Balaban J connectivity index is 0.880. The van der Waals surface area contributed by atoms with Crippen molar-refractivity contribution in [3.05, 3.63) is 23.8 Å². The lowest BCUT2D eigenvalue weighted by Gasteiger charge is -2.60. The lowest BCUT2D eigenvalue weighted by atomic mass is 9.46. The first kappa shape index (κ1) is 50.1. The van der Waals surface area contributed by atoms with Crippen LogP contribution in [0.5, 0.6) is 0 Å². The number of aliphatic hydroxyl groups excluding tert-OH is 11. The van der Waals surface area contributed by atoms with Gasteiger partial charge in [-0.3, -0.25) is 0 Å². The minimum Gasteiger partial charge on any atom is -0.394 e. The minimum atomic E-state index is -1.67. The number of methoxy groups -OCH3 is 1. The summed E-state index contributed by atoms with van der Waals surface area (Å²) in [7, 11) is 1.68. The predicted octanol–water partition coefficient (Wildman–Crippen LogP) is -1.29. The highest BCUT2D eigenvalue weighted by molar-refractivity contribution is 5.28. The molecule has 3 saturated carbocycles. The van der Waals surface area contributed by atoms with Crippen LogP contribution in [0.15, 0.2) is 23.8 Å². The van der Waals surface area contributed by atoms with Crippen LogP contribution in [0.3, 0.4) is 0 Å². The summed E-state index contributed by atoms with van der Waals surface area (Å²) < 4.78 is 48.0. The third kappa shape index (κ3) is 8.52. The van der Waals surface area contributed by atoms with E-state index in [1.54, 1.807) is 7.11 Å². The summed E-state index contributed by atoms with van der Waals surface area (Å²) >= 11 is 0. The van der Waals surface area contributed by atoms with Crippen molar-refractivity contribution in [3.8, 4) is 0 Å². The maximum Gasteiger partial charge on any atom is 0.187 e. The first-order valence-corrected chi connectivity index (χ1v) is 23.6. The van der Waals surface area contributed by atoms with E-state index in [2.05, 4.69) is 33.4 Å². The number of rotatable bonds is 13. The van der Waals surface area contributed by atoms with Crippen LogP contribution in [0.1, 0.15) is 79.1 Å².